The summed E-state index contributed by atoms with van der Waals surface area (Å²) in [7, 11) is 0. The van der Waals surface area contributed by atoms with Crippen molar-refractivity contribution in [1.29, 1.82) is 5.26 Å². The average Bonchev–Trinajstić information content (AvgIpc) is 3.48. The number of hydrogen-bond acceptors (Lipinski definition) is 8. The Morgan fingerprint density at radius 2 is 2.02 bits per heavy atom. The lowest BCUT2D eigenvalue weighted by Crippen LogP contribution is -2.35. The number of aromatic carboxylic acids is 1. The van der Waals surface area contributed by atoms with Crippen molar-refractivity contribution >= 4 is 39.9 Å². The average molecular weight is 578 g/mol. The Hall–Kier alpha value is -3.49. The molecule has 9 nitrogen and oxygen atoms in total. The minimum Gasteiger partial charge on any atom is -0.478 e. The molecule has 0 amide bonds. The minimum atomic E-state index is -0.940. The maximum atomic E-state index is 11.6. The summed E-state index contributed by atoms with van der Waals surface area (Å²) in [6.45, 7) is 4.23. The summed E-state index contributed by atoms with van der Waals surface area (Å²) in [4.78, 5) is 25.0. The molecular formula is C29H28ClN5O4S. The van der Waals surface area contributed by atoms with Crippen LogP contribution in [0.2, 0.25) is 5.02 Å². The summed E-state index contributed by atoms with van der Waals surface area (Å²) < 4.78 is 13.7. The van der Waals surface area contributed by atoms with E-state index in [1.165, 1.54) is 11.3 Å². The Labute approximate surface area is 240 Å². The van der Waals surface area contributed by atoms with Gasteiger partial charge in [0.2, 0.25) is 5.88 Å². The molecule has 3 aromatic heterocycles. The van der Waals surface area contributed by atoms with E-state index in [1.807, 2.05) is 12.1 Å². The van der Waals surface area contributed by atoms with Crippen LogP contribution in [0.5, 0.6) is 5.88 Å². The molecule has 0 radical (unpaired) electrons. The molecule has 6 rings (SSSR count). The van der Waals surface area contributed by atoms with E-state index < -0.39 is 5.97 Å². The van der Waals surface area contributed by atoms with Gasteiger partial charge >= 0.3 is 5.97 Å². The number of carbonyl (C=O) groups is 1. The lowest BCUT2D eigenvalue weighted by atomic mass is 9.93. The Morgan fingerprint density at radius 3 is 2.73 bits per heavy atom. The molecule has 1 N–H and O–H groups in total. The number of aromatic nitrogens is 3. The van der Waals surface area contributed by atoms with E-state index in [1.54, 1.807) is 24.3 Å². The number of carboxylic acids is 1. The third-order valence-electron chi connectivity index (χ3n) is 7.59. The molecule has 11 heteroatoms. The fourth-order valence-electron chi connectivity index (χ4n) is 5.29. The first-order chi connectivity index (χ1) is 19.5. The van der Waals surface area contributed by atoms with Crippen LogP contribution < -0.4 is 4.74 Å². The van der Waals surface area contributed by atoms with Gasteiger partial charge in [0.05, 0.1) is 45.7 Å². The quantitative estimate of drug-likeness (QED) is 0.279. The normalized spacial score (nSPS) is 17.9. The highest BCUT2D eigenvalue weighted by atomic mass is 35.5. The van der Waals surface area contributed by atoms with Gasteiger partial charge in [-0.15, -0.1) is 11.3 Å². The number of hydrogen-bond donors (Lipinski definition) is 1. The van der Waals surface area contributed by atoms with E-state index in [0.717, 1.165) is 66.4 Å². The number of fused-ring (bicyclic) bond motifs is 1. The number of nitrogens with zero attached hydrogens (tertiary/aromatic N) is 5. The first-order valence-corrected chi connectivity index (χ1v) is 14.5. The topological polar surface area (TPSA) is 114 Å². The molecule has 0 unspecified atom stereocenters. The van der Waals surface area contributed by atoms with Gasteiger partial charge in [0.15, 0.2) is 0 Å². The van der Waals surface area contributed by atoms with Crippen molar-refractivity contribution in [2.75, 3.05) is 19.7 Å². The van der Waals surface area contributed by atoms with Crippen molar-refractivity contribution in [3.63, 3.8) is 0 Å². The molecule has 2 saturated heterocycles. The van der Waals surface area contributed by atoms with Crippen LogP contribution in [0.4, 0.5) is 0 Å². The fraction of sp³-hybridized carbons (Fsp3) is 0.379. The van der Waals surface area contributed by atoms with Gasteiger partial charge in [-0.25, -0.2) is 14.8 Å². The Morgan fingerprint density at radius 1 is 1.20 bits per heavy atom. The molecule has 0 saturated carbocycles. The molecule has 206 valence electrons. The number of thiophene rings is 1. The predicted molar refractivity (Wildman–Crippen MR) is 151 cm³/mol. The molecule has 4 aromatic rings. The molecule has 0 spiro atoms. The Balaban J connectivity index is 1.11. The number of rotatable bonds is 9. The van der Waals surface area contributed by atoms with E-state index in [9.17, 15) is 9.90 Å². The maximum absolute atomic E-state index is 11.6. The number of pyridine rings is 1. The SMILES string of the molecule is N#Cc1cc(Cl)c(COc2cccc(C3CCN(Cc4nc5ccc(C(=O)O)cc5n4C[C@@H]4CCO4)CC3)n2)s1. The van der Waals surface area contributed by atoms with Crippen LogP contribution >= 0.6 is 22.9 Å². The second-order valence-electron chi connectivity index (χ2n) is 10.2. The third-order valence-corrected chi connectivity index (χ3v) is 9.05. The van der Waals surface area contributed by atoms with Crippen LogP contribution in [0.3, 0.4) is 0 Å². The van der Waals surface area contributed by atoms with Gasteiger partial charge in [0.25, 0.3) is 0 Å². The van der Waals surface area contributed by atoms with Gasteiger partial charge < -0.3 is 19.1 Å². The number of halogens is 1. The van der Waals surface area contributed by atoms with Crippen LogP contribution in [0.25, 0.3) is 11.0 Å². The van der Waals surface area contributed by atoms with Gasteiger partial charge in [-0.1, -0.05) is 17.7 Å². The third kappa shape index (κ3) is 5.69. The van der Waals surface area contributed by atoms with Crippen molar-refractivity contribution in [3.8, 4) is 11.9 Å². The van der Waals surface area contributed by atoms with Crippen LogP contribution in [-0.2, 0) is 24.4 Å². The number of likely N-dealkylation sites (tertiary alicyclic amines) is 1. The molecule has 40 heavy (non-hydrogen) atoms. The number of piperidine rings is 1. The van der Waals surface area contributed by atoms with Gasteiger partial charge in [0.1, 0.15) is 23.4 Å². The summed E-state index contributed by atoms with van der Waals surface area (Å²) >= 11 is 7.55. The summed E-state index contributed by atoms with van der Waals surface area (Å²) in [5.74, 6) is 0.878. The Bertz CT molecular complexity index is 1580. The van der Waals surface area contributed by atoms with Gasteiger partial charge in [-0.3, -0.25) is 4.90 Å². The zero-order chi connectivity index (χ0) is 27.6. The van der Waals surface area contributed by atoms with Crippen LogP contribution in [0.1, 0.15) is 56.8 Å². The Kier molecular flexibility index (Phi) is 7.71. The van der Waals surface area contributed by atoms with Crippen molar-refractivity contribution in [2.24, 2.45) is 0 Å². The zero-order valence-corrected chi connectivity index (χ0v) is 23.3. The summed E-state index contributed by atoms with van der Waals surface area (Å²) in [5.41, 5.74) is 2.93. The fourth-order valence-corrected chi connectivity index (χ4v) is 6.39. The second-order valence-corrected chi connectivity index (χ2v) is 11.7. The molecule has 2 aliphatic rings. The van der Waals surface area contributed by atoms with E-state index >= 15 is 0 Å². The van der Waals surface area contributed by atoms with E-state index in [4.69, 9.17) is 36.3 Å². The first-order valence-electron chi connectivity index (χ1n) is 13.3. The first kappa shape index (κ1) is 26.7. The number of carboxylic acid groups (broad SMARTS) is 1. The monoisotopic (exact) mass is 577 g/mol. The lowest BCUT2D eigenvalue weighted by Gasteiger charge is -2.32. The van der Waals surface area contributed by atoms with Gasteiger partial charge in [-0.2, -0.15) is 5.26 Å². The largest absolute Gasteiger partial charge is 0.478 e. The van der Waals surface area contributed by atoms with E-state index in [0.29, 0.717) is 34.8 Å². The lowest BCUT2D eigenvalue weighted by molar-refractivity contribution is -0.0592. The van der Waals surface area contributed by atoms with E-state index in [2.05, 4.69) is 21.6 Å². The molecule has 0 aliphatic carbocycles. The molecule has 2 fully saturated rings. The minimum absolute atomic E-state index is 0.139. The summed E-state index contributed by atoms with van der Waals surface area (Å²) in [5, 5.41) is 19.1. The van der Waals surface area contributed by atoms with Crippen molar-refractivity contribution in [1.82, 2.24) is 19.4 Å². The number of ether oxygens (including phenoxy) is 2. The molecular weight excluding hydrogens is 550 g/mol. The van der Waals surface area contributed by atoms with Gasteiger partial charge in [0, 0.05) is 24.3 Å². The van der Waals surface area contributed by atoms with Crippen molar-refractivity contribution in [3.05, 3.63) is 74.3 Å². The maximum Gasteiger partial charge on any atom is 0.335 e. The van der Waals surface area contributed by atoms with Crippen LogP contribution in [0, 0.1) is 11.3 Å². The highest BCUT2D eigenvalue weighted by Crippen LogP contribution is 2.31. The van der Waals surface area contributed by atoms with Crippen molar-refractivity contribution in [2.45, 2.75) is 51.0 Å². The standard InChI is InChI=1S/C29H28ClN5O4S/c30-22-13-21(14-31)40-26(22)17-39-28-3-1-2-23(33-28)18-6-9-34(10-7-18)16-27-32-24-5-4-19(29(36)37)12-25(24)35(27)15-20-8-11-38-20/h1-5,12-13,18,20H,6-11,15-17H2,(H,36,37)/t20-/m0/s1. The molecule has 1 atom stereocenters. The molecule has 5 heterocycles. The molecule has 0 bridgehead atoms. The number of imidazole rings is 1. The second kappa shape index (κ2) is 11.6. The highest BCUT2D eigenvalue weighted by molar-refractivity contribution is 7.13. The summed E-state index contributed by atoms with van der Waals surface area (Å²) in [6, 6.07) is 14.8. The van der Waals surface area contributed by atoms with Gasteiger partial charge in [-0.05, 0) is 62.7 Å². The predicted octanol–water partition coefficient (Wildman–Crippen LogP) is 5.46. The van der Waals surface area contributed by atoms with Crippen LogP contribution in [-0.4, -0.2) is 56.3 Å². The van der Waals surface area contributed by atoms with Crippen LogP contribution in [0.15, 0.2) is 42.5 Å². The highest BCUT2D eigenvalue weighted by Gasteiger charge is 2.26. The zero-order valence-electron chi connectivity index (χ0n) is 21.8. The van der Waals surface area contributed by atoms with Crippen molar-refractivity contribution < 1.29 is 19.4 Å². The number of nitriles is 1. The molecule has 1 aromatic carbocycles. The number of benzene rings is 1. The smallest absolute Gasteiger partial charge is 0.335 e. The van der Waals surface area contributed by atoms with E-state index in [-0.39, 0.29) is 18.3 Å². The molecule has 2 aliphatic heterocycles. The summed E-state index contributed by atoms with van der Waals surface area (Å²) in [6.07, 6.45) is 3.07.